The minimum absolute atomic E-state index is 0.0377. The summed E-state index contributed by atoms with van der Waals surface area (Å²) >= 11 is 0. The van der Waals surface area contributed by atoms with Crippen molar-refractivity contribution >= 4 is 5.91 Å². The number of carbonyl (C=O) groups is 1. The van der Waals surface area contributed by atoms with Crippen molar-refractivity contribution in [2.75, 3.05) is 46.3 Å². The van der Waals surface area contributed by atoms with E-state index in [0.29, 0.717) is 17.5 Å². The molecular formula is C20H29F2N3O2. The highest BCUT2D eigenvalue weighted by Crippen LogP contribution is 2.26. The van der Waals surface area contributed by atoms with Crippen molar-refractivity contribution in [3.8, 4) is 5.75 Å². The van der Waals surface area contributed by atoms with Gasteiger partial charge < -0.3 is 14.5 Å². The van der Waals surface area contributed by atoms with E-state index in [0.717, 1.165) is 52.1 Å². The number of ether oxygens (including phenoxy) is 1. The Morgan fingerprint density at radius 3 is 2.19 bits per heavy atom. The molecule has 2 aliphatic heterocycles. The van der Waals surface area contributed by atoms with Gasteiger partial charge in [-0.05, 0) is 57.0 Å². The number of nitrogens with zero attached hydrogens (tertiary/aromatic N) is 3. The van der Waals surface area contributed by atoms with Crippen LogP contribution in [-0.2, 0) is 0 Å². The Balaban J connectivity index is 1.50. The number of hydrogen-bond acceptors (Lipinski definition) is 4. The van der Waals surface area contributed by atoms with Crippen molar-refractivity contribution in [1.82, 2.24) is 14.7 Å². The van der Waals surface area contributed by atoms with Crippen LogP contribution in [0.25, 0.3) is 0 Å². The van der Waals surface area contributed by atoms with Crippen LogP contribution in [0, 0.1) is 5.92 Å². The third-order valence-electron chi connectivity index (χ3n) is 5.95. The number of benzene rings is 1. The Kier molecular flexibility index (Phi) is 6.65. The highest BCUT2D eigenvalue weighted by molar-refractivity contribution is 5.94. The Morgan fingerprint density at radius 1 is 1.04 bits per heavy atom. The molecule has 2 aliphatic rings. The Morgan fingerprint density at radius 2 is 1.63 bits per heavy atom. The van der Waals surface area contributed by atoms with Crippen molar-refractivity contribution in [2.24, 2.45) is 5.92 Å². The van der Waals surface area contributed by atoms with Gasteiger partial charge in [-0.1, -0.05) is 0 Å². The van der Waals surface area contributed by atoms with Gasteiger partial charge >= 0.3 is 6.61 Å². The van der Waals surface area contributed by atoms with Crippen LogP contribution in [0.2, 0.25) is 0 Å². The van der Waals surface area contributed by atoms with Gasteiger partial charge in [-0.2, -0.15) is 8.78 Å². The molecule has 2 heterocycles. The molecule has 27 heavy (non-hydrogen) atoms. The SMILES string of the molecule is C[C@H](C1CCN(C(=O)c2ccc(OC(F)F)cc2)CC1)N1CCN(C)CC1. The molecule has 5 nitrogen and oxygen atoms in total. The van der Waals surface area contributed by atoms with Crippen LogP contribution in [0.1, 0.15) is 30.1 Å². The van der Waals surface area contributed by atoms with Crippen LogP contribution in [0.15, 0.2) is 24.3 Å². The molecule has 0 unspecified atom stereocenters. The van der Waals surface area contributed by atoms with Gasteiger partial charge in [0.1, 0.15) is 5.75 Å². The second kappa shape index (κ2) is 8.97. The molecule has 0 spiro atoms. The Labute approximate surface area is 159 Å². The summed E-state index contributed by atoms with van der Waals surface area (Å²) in [5.41, 5.74) is 0.516. The average Bonchev–Trinajstić information content (AvgIpc) is 2.68. The van der Waals surface area contributed by atoms with Gasteiger partial charge in [0.25, 0.3) is 5.91 Å². The van der Waals surface area contributed by atoms with Crippen molar-refractivity contribution in [2.45, 2.75) is 32.4 Å². The number of likely N-dealkylation sites (N-methyl/N-ethyl adjacent to an activating group) is 1. The molecule has 1 atom stereocenters. The molecule has 0 bridgehead atoms. The topological polar surface area (TPSA) is 36.0 Å². The summed E-state index contributed by atoms with van der Waals surface area (Å²) in [5, 5.41) is 0. The molecule has 0 N–H and O–H groups in total. The van der Waals surface area contributed by atoms with Crippen LogP contribution in [0.3, 0.4) is 0 Å². The van der Waals surface area contributed by atoms with Crippen LogP contribution < -0.4 is 4.74 Å². The summed E-state index contributed by atoms with van der Waals surface area (Å²) in [6.45, 7) is 5.42. The lowest BCUT2D eigenvalue weighted by Crippen LogP contribution is -2.52. The first-order chi connectivity index (χ1) is 12.9. The monoisotopic (exact) mass is 381 g/mol. The molecule has 150 valence electrons. The summed E-state index contributed by atoms with van der Waals surface area (Å²) in [5.74, 6) is 0.643. The predicted octanol–water partition coefficient (Wildman–Crippen LogP) is 2.78. The maximum Gasteiger partial charge on any atom is 0.387 e. The van der Waals surface area contributed by atoms with Crippen molar-refractivity contribution in [1.29, 1.82) is 0 Å². The molecular weight excluding hydrogens is 352 g/mol. The largest absolute Gasteiger partial charge is 0.435 e. The summed E-state index contributed by atoms with van der Waals surface area (Å²) in [4.78, 5) is 19.5. The van der Waals surface area contributed by atoms with E-state index >= 15 is 0 Å². The zero-order chi connectivity index (χ0) is 19.4. The number of hydrogen-bond donors (Lipinski definition) is 0. The number of likely N-dealkylation sites (tertiary alicyclic amines) is 1. The highest BCUT2D eigenvalue weighted by atomic mass is 19.3. The van der Waals surface area contributed by atoms with Gasteiger partial charge in [0.15, 0.2) is 0 Å². The van der Waals surface area contributed by atoms with Crippen LogP contribution >= 0.6 is 0 Å². The van der Waals surface area contributed by atoms with Crippen LogP contribution in [0.5, 0.6) is 5.75 Å². The molecule has 1 aromatic carbocycles. The summed E-state index contributed by atoms with van der Waals surface area (Å²) in [6.07, 6.45) is 2.01. The first-order valence-corrected chi connectivity index (χ1v) is 9.71. The lowest BCUT2D eigenvalue weighted by atomic mass is 9.88. The molecule has 0 radical (unpaired) electrons. The Hall–Kier alpha value is -1.73. The Bertz CT molecular complexity index is 610. The molecule has 1 amide bonds. The maximum atomic E-state index is 12.7. The number of amides is 1. The highest BCUT2D eigenvalue weighted by Gasteiger charge is 2.30. The summed E-state index contributed by atoms with van der Waals surface area (Å²) < 4.78 is 28.8. The fourth-order valence-corrected chi connectivity index (χ4v) is 4.07. The van der Waals surface area contributed by atoms with Crippen molar-refractivity contribution in [3.05, 3.63) is 29.8 Å². The zero-order valence-corrected chi connectivity index (χ0v) is 16.1. The molecule has 0 aromatic heterocycles. The van der Waals surface area contributed by atoms with E-state index in [1.807, 2.05) is 4.90 Å². The molecule has 3 rings (SSSR count). The first-order valence-electron chi connectivity index (χ1n) is 9.71. The number of halogens is 2. The van der Waals surface area contributed by atoms with E-state index in [-0.39, 0.29) is 11.7 Å². The normalized spacial score (nSPS) is 21.4. The smallest absolute Gasteiger partial charge is 0.387 e. The molecule has 2 saturated heterocycles. The standard InChI is InChI=1S/C20H29F2N3O2/c1-15(24-13-11-23(2)12-14-24)16-7-9-25(10-8-16)19(26)17-3-5-18(6-4-17)27-20(21)22/h3-6,15-16,20H,7-14H2,1-2H3/t15-/m1/s1. The van der Waals surface area contributed by atoms with Crippen LogP contribution in [0.4, 0.5) is 8.78 Å². The second-order valence-corrected chi connectivity index (χ2v) is 7.61. The van der Waals surface area contributed by atoms with Gasteiger partial charge in [0.05, 0.1) is 0 Å². The van der Waals surface area contributed by atoms with E-state index in [4.69, 9.17) is 0 Å². The number of piperidine rings is 1. The first kappa shape index (κ1) is 20.0. The lowest BCUT2D eigenvalue weighted by Gasteiger charge is -2.42. The molecule has 0 saturated carbocycles. The van der Waals surface area contributed by atoms with E-state index in [2.05, 4.69) is 28.5 Å². The average molecular weight is 381 g/mol. The van der Waals surface area contributed by atoms with Gasteiger partial charge in [-0.15, -0.1) is 0 Å². The van der Waals surface area contributed by atoms with Crippen LogP contribution in [-0.4, -0.2) is 79.6 Å². The minimum atomic E-state index is -2.85. The number of rotatable bonds is 5. The van der Waals surface area contributed by atoms with E-state index in [9.17, 15) is 13.6 Å². The van der Waals surface area contributed by atoms with E-state index < -0.39 is 6.61 Å². The zero-order valence-electron chi connectivity index (χ0n) is 16.1. The second-order valence-electron chi connectivity index (χ2n) is 7.61. The van der Waals surface area contributed by atoms with E-state index in [1.54, 1.807) is 12.1 Å². The van der Waals surface area contributed by atoms with Gasteiger partial charge in [0, 0.05) is 50.9 Å². The number of alkyl halides is 2. The van der Waals surface area contributed by atoms with Gasteiger partial charge in [-0.3, -0.25) is 9.69 Å². The fraction of sp³-hybridized carbons (Fsp3) is 0.650. The molecule has 0 aliphatic carbocycles. The third kappa shape index (κ3) is 5.17. The number of piperazine rings is 1. The van der Waals surface area contributed by atoms with Gasteiger partial charge in [-0.25, -0.2) is 0 Å². The lowest BCUT2D eigenvalue weighted by molar-refractivity contribution is -0.0498. The molecule has 7 heteroatoms. The maximum absolute atomic E-state index is 12.7. The van der Waals surface area contributed by atoms with Crippen molar-refractivity contribution in [3.63, 3.8) is 0 Å². The van der Waals surface area contributed by atoms with E-state index in [1.165, 1.54) is 12.1 Å². The quantitative estimate of drug-likeness (QED) is 0.786. The third-order valence-corrected chi connectivity index (χ3v) is 5.95. The molecule has 2 fully saturated rings. The fourth-order valence-electron chi connectivity index (χ4n) is 4.07. The minimum Gasteiger partial charge on any atom is -0.435 e. The number of carbonyl (C=O) groups excluding carboxylic acids is 1. The van der Waals surface area contributed by atoms with Crippen molar-refractivity contribution < 1.29 is 18.3 Å². The molecule has 1 aromatic rings. The predicted molar refractivity (Wildman–Crippen MR) is 100 cm³/mol. The summed E-state index contributed by atoms with van der Waals surface area (Å²) in [6, 6.07) is 6.49. The summed E-state index contributed by atoms with van der Waals surface area (Å²) in [7, 11) is 2.16. The van der Waals surface area contributed by atoms with Gasteiger partial charge in [0.2, 0.25) is 0 Å².